The van der Waals surface area contributed by atoms with Gasteiger partial charge in [-0.1, -0.05) is 23.3 Å². The fraction of sp³-hybridized carbons (Fsp3) is 0.441. The Balaban J connectivity index is 2.35. The van der Waals surface area contributed by atoms with Crippen molar-refractivity contribution in [1.29, 1.82) is 0 Å². The molecule has 12 heteroatoms. The fourth-order valence-electron chi connectivity index (χ4n) is 4.69. The molecule has 250 valence electrons. The van der Waals surface area contributed by atoms with Crippen molar-refractivity contribution in [2.24, 2.45) is 11.5 Å². The zero-order chi connectivity index (χ0) is 34.1. The number of fused-ring (bicyclic) bond motifs is 2. The maximum Gasteiger partial charge on any atom is 0.328 e. The summed E-state index contributed by atoms with van der Waals surface area (Å²) in [6, 6.07) is 1.06. The molecule has 1 aromatic heterocycles. The average Bonchev–Trinajstić information content (AvgIpc) is 3.00. The number of esters is 2. The second-order valence-corrected chi connectivity index (χ2v) is 13.3. The molecular weight excluding hydrogens is 629 g/mol. The Morgan fingerprint density at radius 1 is 0.848 bits per heavy atom. The lowest BCUT2D eigenvalue weighted by atomic mass is 9.98. The molecule has 1 heterocycles. The molecule has 0 amide bonds. The summed E-state index contributed by atoms with van der Waals surface area (Å²) in [5, 5.41) is 11.6. The Labute approximate surface area is 277 Å². The molecule has 0 unspecified atom stereocenters. The summed E-state index contributed by atoms with van der Waals surface area (Å²) < 4.78 is 23.3. The molecule has 0 aliphatic carbocycles. The van der Waals surface area contributed by atoms with E-state index in [-0.39, 0.29) is 63.3 Å². The van der Waals surface area contributed by atoms with Crippen molar-refractivity contribution in [2.45, 2.75) is 65.5 Å². The summed E-state index contributed by atoms with van der Waals surface area (Å²) in [7, 11) is 1.42. The topological polar surface area (TPSA) is 164 Å². The molecule has 10 nitrogen and oxygen atoms in total. The van der Waals surface area contributed by atoms with E-state index < -0.39 is 29.5 Å². The van der Waals surface area contributed by atoms with Crippen LogP contribution in [0, 0.1) is 0 Å². The molecule has 5 N–H and O–H groups in total. The summed E-state index contributed by atoms with van der Waals surface area (Å²) >= 11 is 3.12. The molecule has 46 heavy (non-hydrogen) atoms. The minimum Gasteiger partial charge on any atom is -0.507 e. The number of nitrogens with two attached hydrogens (primary N) is 2. The van der Waals surface area contributed by atoms with Crippen molar-refractivity contribution >= 4 is 57.4 Å². The van der Waals surface area contributed by atoms with E-state index in [4.69, 9.17) is 30.1 Å². The molecular formula is C34H44N2O8S2. The lowest BCUT2D eigenvalue weighted by molar-refractivity contribution is -0.136. The highest BCUT2D eigenvalue weighted by Crippen LogP contribution is 2.42. The van der Waals surface area contributed by atoms with Gasteiger partial charge in [0, 0.05) is 23.3 Å². The molecule has 0 bridgehead atoms. The van der Waals surface area contributed by atoms with Gasteiger partial charge in [-0.15, -0.1) is 0 Å². The SMILES string of the molecule is COc1c(OC(=O)[C@@H](N)CCSC)cc2oc3cc(OC(=O)[C@@H](N)CCSC)c(CC=C(C)C)c(O)c3c(=O)c2c1CC=C(C)C. The largest absolute Gasteiger partial charge is 0.507 e. The number of carbonyl (C=O) groups is 2. The Morgan fingerprint density at radius 2 is 1.33 bits per heavy atom. The number of hydrogen-bond donors (Lipinski definition) is 3. The van der Waals surface area contributed by atoms with Crippen LogP contribution in [0.3, 0.4) is 0 Å². The number of thioether (sulfide) groups is 2. The fourth-order valence-corrected chi connectivity index (χ4v) is 5.67. The summed E-state index contributed by atoms with van der Waals surface area (Å²) in [5.74, 6) is -0.115. The molecule has 0 aliphatic heterocycles. The van der Waals surface area contributed by atoms with E-state index in [2.05, 4.69) is 0 Å². The van der Waals surface area contributed by atoms with Crippen LogP contribution in [0.1, 0.15) is 51.7 Å². The van der Waals surface area contributed by atoms with Gasteiger partial charge in [0.1, 0.15) is 40.1 Å². The zero-order valence-corrected chi connectivity index (χ0v) is 29.1. The number of phenolic OH excluding ortho intramolecular Hbond substituents is 1. The third-order valence-corrected chi connectivity index (χ3v) is 8.52. The molecule has 3 rings (SSSR count). The van der Waals surface area contributed by atoms with Crippen molar-refractivity contribution in [1.82, 2.24) is 0 Å². The smallest absolute Gasteiger partial charge is 0.328 e. The van der Waals surface area contributed by atoms with Crippen LogP contribution in [-0.2, 0) is 22.4 Å². The highest BCUT2D eigenvalue weighted by molar-refractivity contribution is 7.98. The van der Waals surface area contributed by atoms with E-state index in [0.717, 1.165) is 11.1 Å². The van der Waals surface area contributed by atoms with Crippen molar-refractivity contribution < 1.29 is 33.3 Å². The number of ether oxygens (including phenoxy) is 3. The second kappa shape index (κ2) is 16.9. The average molecular weight is 673 g/mol. The third-order valence-electron chi connectivity index (χ3n) is 7.24. The Morgan fingerprint density at radius 3 is 1.83 bits per heavy atom. The molecule has 3 aromatic rings. The van der Waals surface area contributed by atoms with Crippen LogP contribution in [-0.4, -0.2) is 60.3 Å². The minimum absolute atomic E-state index is 0.0243. The number of phenols is 1. The summed E-state index contributed by atoms with van der Waals surface area (Å²) in [6.45, 7) is 7.62. The number of rotatable bonds is 15. The molecule has 0 radical (unpaired) electrons. The first-order chi connectivity index (χ1) is 21.8. The monoisotopic (exact) mass is 672 g/mol. The number of methoxy groups -OCH3 is 1. The van der Waals surface area contributed by atoms with E-state index in [0.29, 0.717) is 29.9 Å². The van der Waals surface area contributed by atoms with Crippen molar-refractivity contribution in [3.8, 4) is 23.0 Å². The van der Waals surface area contributed by atoms with Gasteiger partial charge in [-0.2, -0.15) is 23.5 Å². The first kappa shape index (κ1) is 37.0. The molecule has 0 fully saturated rings. The van der Waals surface area contributed by atoms with Gasteiger partial charge in [0.25, 0.3) is 0 Å². The van der Waals surface area contributed by atoms with Gasteiger partial charge in [-0.05, 0) is 77.4 Å². The summed E-state index contributed by atoms with van der Waals surface area (Å²) in [4.78, 5) is 40.1. The molecule has 2 aromatic carbocycles. The van der Waals surface area contributed by atoms with Crippen molar-refractivity contribution in [3.63, 3.8) is 0 Å². The normalized spacial score (nSPS) is 12.5. The van der Waals surface area contributed by atoms with Crippen LogP contribution in [0.4, 0.5) is 0 Å². The predicted molar refractivity (Wildman–Crippen MR) is 188 cm³/mol. The molecule has 0 aliphatic rings. The predicted octanol–water partition coefficient (Wildman–Crippen LogP) is 5.65. The standard InChI is InChI=1S/C34H44N2O8S2/c1-18(2)8-10-20-24(43-33(39)22(35)12-14-45-6)16-26-29(30(20)37)31(38)28-21(11-9-19(3)4)32(41-5)27(17-25(28)42-26)44-34(40)23(36)13-15-46-7/h8-9,16-17,22-23,37H,10-15,35-36H2,1-7H3/t22-,23-/m0/s1. The number of aromatic hydroxyl groups is 1. The second-order valence-electron chi connectivity index (χ2n) is 11.4. The van der Waals surface area contributed by atoms with Gasteiger partial charge >= 0.3 is 11.9 Å². The number of hydrogen-bond acceptors (Lipinski definition) is 12. The van der Waals surface area contributed by atoms with Crippen LogP contribution >= 0.6 is 23.5 Å². The van der Waals surface area contributed by atoms with E-state index in [1.54, 1.807) is 23.5 Å². The van der Waals surface area contributed by atoms with Gasteiger partial charge in [-0.3, -0.25) is 4.79 Å². The summed E-state index contributed by atoms with van der Waals surface area (Å²) in [5.41, 5.74) is 14.3. The molecule has 0 saturated carbocycles. The van der Waals surface area contributed by atoms with Crippen LogP contribution < -0.4 is 31.1 Å². The lowest BCUT2D eigenvalue weighted by Crippen LogP contribution is -2.35. The molecule has 0 spiro atoms. The number of benzene rings is 2. The van der Waals surface area contributed by atoms with Gasteiger partial charge in [-0.25, -0.2) is 9.59 Å². The van der Waals surface area contributed by atoms with E-state index in [1.165, 1.54) is 19.2 Å². The first-order valence-electron chi connectivity index (χ1n) is 14.9. The quantitative estimate of drug-likeness (QED) is 0.0788. The Bertz CT molecular complexity index is 1710. The highest BCUT2D eigenvalue weighted by atomic mass is 32.2. The van der Waals surface area contributed by atoms with Gasteiger partial charge < -0.3 is 35.2 Å². The zero-order valence-electron chi connectivity index (χ0n) is 27.5. The Hall–Kier alpha value is -3.45. The number of carbonyl (C=O) groups excluding carboxylic acids is 2. The maximum atomic E-state index is 14.3. The van der Waals surface area contributed by atoms with Crippen molar-refractivity contribution in [2.75, 3.05) is 31.1 Å². The third kappa shape index (κ3) is 8.87. The maximum absolute atomic E-state index is 14.3. The van der Waals surface area contributed by atoms with E-state index in [9.17, 15) is 19.5 Å². The van der Waals surface area contributed by atoms with Crippen LogP contribution in [0.25, 0.3) is 21.9 Å². The minimum atomic E-state index is -0.880. The van der Waals surface area contributed by atoms with Gasteiger partial charge in [0.2, 0.25) is 5.43 Å². The Kier molecular flexibility index (Phi) is 13.6. The van der Waals surface area contributed by atoms with Crippen molar-refractivity contribution in [3.05, 3.63) is 56.8 Å². The van der Waals surface area contributed by atoms with E-state index in [1.807, 2.05) is 52.4 Å². The van der Waals surface area contributed by atoms with Gasteiger partial charge in [0.15, 0.2) is 11.5 Å². The van der Waals surface area contributed by atoms with Crippen LogP contribution in [0.5, 0.6) is 23.0 Å². The molecule has 2 atom stereocenters. The van der Waals surface area contributed by atoms with Gasteiger partial charge in [0.05, 0.1) is 12.5 Å². The van der Waals surface area contributed by atoms with Crippen LogP contribution in [0.2, 0.25) is 0 Å². The molecule has 0 saturated heterocycles. The first-order valence-corrected chi connectivity index (χ1v) is 17.7. The highest BCUT2D eigenvalue weighted by Gasteiger charge is 2.27. The van der Waals surface area contributed by atoms with Crippen LogP contribution in [0.15, 0.2) is 44.6 Å². The van der Waals surface area contributed by atoms with E-state index >= 15 is 0 Å². The summed E-state index contributed by atoms with van der Waals surface area (Å²) in [6.07, 6.45) is 8.83. The number of allylic oxidation sites excluding steroid dienone is 4. The lowest BCUT2D eigenvalue weighted by Gasteiger charge is -2.18.